The zero-order valence-electron chi connectivity index (χ0n) is 14.0. The van der Waals surface area contributed by atoms with E-state index in [1.54, 1.807) is 6.07 Å². The summed E-state index contributed by atoms with van der Waals surface area (Å²) in [7, 11) is 0. The molecule has 0 radical (unpaired) electrons. The summed E-state index contributed by atoms with van der Waals surface area (Å²) in [6.07, 6.45) is 0.396. The molecule has 132 valence electrons. The second kappa shape index (κ2) is 7.18. The number of carbonyl (C=O) groups excluding carboxylic acids is 1. The lowest BCUT2D eigenvalue weighted by Gasteiger charge is -2.29. The fourth-order valence-corrected chi connectivity index (χ4v) is 2.78. The van der Waals surface area contributed by atoms with Gasteiger partial charge in [0.15, 0.2) is 5.78 Å². The number of ketones is 1. The van der Waals surface area contributed by atoms with Gasteiger partial charge in [0.2, 0.25) is 0 Å². The minimum absolute atomic E-state index is 0.0195. The molecule has 26 heavy (non-hydrogen) atoms. The van der Waals surface area contributed by atoms with Crippen LogP contribution in [0.3, 0.4) is 0 Å². The van der Waals surface area contributed by atoms with Gasteiger partial charge in [0.1, 0.15) is 11.4 Å². The van der Waals surface area contributed by atoms with E-state index in [9.17, 15) is 19.8 Å². The van der Waals surface area contributed by atoms with Crippen molar-refractivity contribution in [3.8, 4) is 0 Å². The van der Waals surface area contributed by atoms with Gasteiger partial charge in [-0.25, -0.2) is 0 Å². The maximum absolute atomic E-state index is 12.2. The van der Waals surface area contributed by atoms with E-state index in [0.29, 0.717) is 36.4 Å². The summed E-state index contributed by atoms with van der Waals surface area (Å²) < 4.78 is 0. The Hall–Kier alpha value is -3.49. The summed E-state index contributed by atoms with van der Waals surface area (Å²) in [6.45, 7) is 3.28. The lowest BCUT2D eigenvalue weighted by molar-refractivity contribution is -0.384. The van der Waals surface area contributed by atoms with E-state index in [1.807, 2.05) is 11.8 Å². The Labute approximate surface area is 148 Å². The summed E-state index contributed by atoms with van der Waals surface area (Å²) in [5.41, 5.74) is 1.76. The molecule has 0 aliphatic carbocycles. The molecule has 0 saturated carbocycles. The van der Waals surface area contributed by atoms with Crippen LogP contribution in [0.4, 0.5) is 28.4 Å². The Balaban J connectivity index is 1.97. The van der Waals surface area contributed by atoms with Gasteiger partial charge < -0.3 is 4.90 Å². The molecule has 0 spiro atoms. The number of nitro groups is 1. The molecule has 0 aromatic heterocycles. The molecule has 2 aromatic rings. The van der Waals surface area contributed by atoms with Gasteiger partial charge in [-0.15, -0.1) is 10.0 Å². The predicted molar refractivity (Wildman–Crippen MR) is 96.0 cm³/mol. The Kier molecular flexibility index (Phi) is 4.78. The first kappa shape index (κ1) is 17.3. The van der Waals surface area contributed by atoms with E-state index < -0.39 is 4.92 Å². The van der Waals surface area contributed by atoms with E-state index in [0.717, 1.165) is 0 Å². The number of nitroso groups, excluding NO2 is 1. The van der Waals surface area contributed by atoms with Crippen molar-refractivity contribution in [1.82, 2.24) is 0 Å². The molecule has 0 saturated heterocycles. The minimum atomic E-state index is -0.510. The van der Waals surface area contributed by atoms with Gasteiger partial charge in [-0.05, 0) is 36.4 Å². The molecule has 0 unspecified atom stereocenters. The van der Waals surface area contributed by atoms with Gasteiger partial charge in [0.25, 0.3) is 5.69 Å². The Bertz CT molecular complexity index is 908. The number of benzene rings is 2. The highest BCUT2D eigenvalue weighted by Gasteiger charge is 2.24. The van der Waals surface area contributed by atoms with Crippen LogP contribution in [0.15, 0.2) is 51.8 Å². The van der Waals surface area contributed by atoms with Crippen LogP contribution in [0, 0.1) is 15.0 Å². The summed E-state index contributed by atoms with van der Waals surface area (Å²) in [4.78, 5) is 35.5. The summed E-state index contributed by atoms with van der Waals surface area (Å²) in [5.74, 6) is -0.0195. The zero-order chi connectivity index (χ0) is 18.7. The van der Waals surface area contributed by atoms with Crippen LogP contribution in [0.1, 0.15) is 23.7 Å². The highest BCUT2D eigenvalue weighted by Crippen LogP contribution is 2.39. The first-order chi connectivity index (χ1) is 12.5. The van der Waals surface area contributed by atoms with Crippen molar-refractivity contribution in [2.45, 2.75) is 13.3 Å². The maximum Gasteiger partial charge on any atom is 0.269 e. The molecule has 1 aliphatic heterocycles. The number of nitro benzene ring substituents is 1. The smallest absolute Gasteiger partial charge is 0.269 e. The van der Waals surface area contributed by atoms with Gasteiger partial charge in [0, 0.05) is 42.9 Å². The van der Waals surface area contributed by atoms with Crippen LogP contribution < -0.4 is 4.90 Å². The van der Waals surface area contributed by atoms with Crippen LogP contribution in [0.2, 0.25) is 0 Å². The lowest BCUT2D eigenvalue weighted by atomic mass is 9.99. The lowest BCUT2D eigenvalue weighted by Crippen LogP contribution is -2.31. The van der Waals surface area contributed by atoms with E-state index in [1.165, 1.54) is 30.3 Å². The summed E-state index contributed by atoms with van der Waals surface area (Å²) >= 11 is 0. The minimum Gasteiger partial charge on any atom is -0.371 e. The third-order valence-electron chi connectivity index (χ3n) is 4.16. The van der Waals surface area contributed by atoms with Gasteiger partial charge in [-0.2, -0.15) is 5.11 Å². The van der Waals surface area contributed by atoms with Gasteiger partial charge in [0.05, 0.1) is 10.6 Å². The molecule has 9 nitrogen and oxygen atoms in total. The molecule has 0 atom stereocenters. The molecule has 1 heterocycles. The number of fused-ring (bicyclic) bond motifs is 1. The second-order valence-corrected chi connectivity index (χ2v) is 5.68. The van der Waals surface area contributed by atoms with Crippen molar-refractivity contribution in [1.29, 1.82) is 0 Å². The normalized spacial score (nSPS) is 13.7. The third-order valence-corrected chi connectivity index (χ3v) is 4.16. The number of anilines is 1. The molecule has 0 amide bonds. The van der Waals surface area contributed by atoms with E-state index in [4.69, 9.17) is 0 Å². The van der Waals surface area contributed by atoms with Crippen LogP contribution in [-0.2, 0) is 0 Å². The van der Waals surface area contributed by atoms with Gasteiger partial charge >= 0.3 is 0 Å². The van der Waals surface area contributed by atoms with Crippen LogP contribution in [0.25, 0.3) is 0 Å². The number of rotatable bonds is 5. The Morgan fingerprint density at radius 3 is 2.50 bits per heavy atom. The Morgan fingerprint density at radius 1 is 1.15 bits per heavy atom. The highest BCUT2D eigenvalue weighted by molar-refractivity contribution is 6.05. The molecule has 0 fully saturated rings. The first-order valence-corrected chi connectivity index (χ1v) is 7.99. The number of carbonyl (C=O) groups is 1. The van der Waals surface area contributed by atoms with Crippen molar-refractivity contribution in [3.05, 3.63) is 57.0 Å². The second-order valence-electron chi connectivity index (χ2n) is 5.68. The van der Waals surface area contributed by atoms with E-state index in [2.05, 4.69) is 15.4 Å². The molecule has 9 heteroatoms. The number of non-ortho nitro benzene ring substituents is 1. The quantitative estimate of drug-likeness (QED) is 0.330. The van der Waals surface area contributed by atoms with E-state index >= 15 is 0 Å². The van der Waals surface area contributed by atoms with Gasteiger partial charge in [-0.3, -0.25) is 14.9 Å². The predicted octanol–water partition coefficient (Wildman–Crippen LogP) is 4.82. The third kappa shape index (κ3) is 3.32. The van der Waals surface area contributed by atoms with Crippen molar-refractivity contribution >= 4 is 34.2 Å². The number of azo groups is 1. The van der Waals surface area contributed by atoms with Crippen molar-refractivity contribution in [2.24, 2.45) is 15.4 Å². The largest absolute Gasteiger partial charge is 0.371 e. The first-order valence-electron chi connectivity index (χ1n) is 7.99. The average Bonchev–Trinajstić information content (AvgIpc) is 2.66. The summed E-state index contributed by atoms with van der Waals surface area (Å²) in [6, 6.07) is 8.57. The van der Waals surface area contributed by atoms with Crippen molar-refractivity contribution < 1.29 is 9.72 Å². The fraction of sp³-hybridized carbons (Fsp3) is 0.235. The topological polar surface area (TPSA) is 118 Å². The molecule has 0 bridgehead atoms. The van der Waals surface area contributed by atoms with Crippen molar-refractivity contribution in [3.63, 3.8) is 0 Å². The molecular weight excluding hydrogens is 338 g/mol. The van der Waals surface area contributed by atoms with Gasteiger partial charge in [-0.1, -0.05) is 0 Å². The molecule has 3 rings (SSSR count). The average molecular weight is 353 g/mol. The highest BCUT2D eigenvalue weighted by atomic mass is 16.6. The standard InChI is InChI=1S/C17H15N5O4/c1-2-21-8-7-17(23)13-9-14(15(20-24)10-16(13)21)19-18-11-3-5-12(6-4-11)22(25)26/h3-6,9-10H,2,7-8H2,1H3. The molecular formula is C17H15N5O4. The number of hydrogen-bond donors (Lipinski definition) is 0. The monoisotopic (exact) mass is 353 g/mol. The number of Topliss-reactive ketones (excluding diaryl/α,β-unsaturated/α-hetero) is 1. The Morgan fingerprint density at radius 2 is 1.88 bits per heavy atom. The van der Waals surface area contributed by atoms with Crippen molar-refractivity contribution in [2.75, 3.05) is 18.0 Å². The van der Waals surface area contributed by atoms with E-state index in [-0.39, 0.29) is 22.8 Å². The summed E-state index contributed by atoms with van der Waals surface area (Å²) in [5, 5.41) is 21.6. The maximum atomic E-state index is 12.2. The molecule has 2 aromatic carbocycles. The number of nitrogens with zero attached hydrogens (tertiary/aromatic N) is 5. The van der Waals surface area contributed by atoms with Crippen LogP contribution in [0.5, 0.6) is 0 Å². The van der Waals surface area contributed by atoms with Crippen LogP contribution >= 0.6 is 0 Å². The number of hydrogen-bond acceptors (Lipinski definition) is 8. The molecule has 0 N–H and O–H groups in total. The zero-order valence-corrected chi connectivity index (χ0v) is 14.0. The van der Waals surface area contributed by atoms with Crippen LogP contribution in [-0.4, -0.2) is 23.8 Å². The molecule has 1 aliphatic rings. The SMILES string of the molecule is CCN1CCC(=O)c2cc(N=Nc3ccc([N+](=O)[O-])cc3)c(N=O)cc21. The fourth-order valence-electron chi connectivity index (χ4n) is 2.78.